The predicted molar refractivity (Wildman–Crippen MR) is 76.9 cm³/mol. The number of anilines is 1. The van der Waals surface area contributed by atoms with E-state index < -0.39 is 10.0 Å². The zero-order valence-electron chi connectivity index (χ0n) is 10.1. The van der Waals surface area contributed by atoms with Gasteiger partial charge < -0.3 is 5.32 Å². The van der Waals surface area contributed by atoms with Crippen molar-refractivity contribution >= 4 is 38.4 Å². The number of nitrogens with one attached hydrogen (secondary N) is 2. The van der Waals surface area contributed by atoms with E-state index in [1.165, 1.54) is 22.7 Å². The molecular weight excluding hydrogens is 288 g/mol. The van der Waals surface area contributed by atoms with E-state index in [2.05, 4.69) is 10.0 Å². The van der Waals surface area contributed by atoms with Crippen LogP contribution in [0.3, 0.4) is 0 Å². The topological polar surface area (TPSA) is 58.2 Å². The minimum atomic E-state index is -3.47. The number of aryl methyl sites for hydroxylation is 1. The number of hydrogen-bond acceptors (Lipinski definition) is 5. The summed E-state index contributed by atoms with van der Waals surface area (Å²) in [6.45, 7) is 2.51. The lowest BCUT2D eigenvalue weighted by Gasteiger charge is -2.04. The fourth-order valence-electron chi connectivity index (χ4n) is 1.59. The number of rotatable bonds is 5. The monoisotopic (exact) mass is 302 g/mol. The molecule has 0 radical (unpaired) electrons. The van der Waals surface area contributed by atoms with Crippen LogP contribution in [0.2, 0.25) is 0 Å². The number of sulfonamides is 1. The Balaban J connectivity index is 2.29. The first-order chi connectivity index (χ1) is 8.53. The summed E-state index contributed by atoms with van der Waals surface area (Å²) < 4.78 is 27.0. The van der Waals surface area contributed by atoms with Crippen molar-refractivity contribution in [2.24, 2.45) is 0 Å². The third kappa shape index (κ3) is 2.92. The molecule has 0 atom stereocenters. The fourth-order valence-corrected chi connectivity index (χ4v) is 4.95. The van der Waals surface area contributed by atoms with Crippen molar-refractivity contribution in [3.05, 3.63) is 32.6 Å². The van der Waals surface area contributed by atoms with E-state index in [-0.39, 0.29) is 0 Å². The van der Waals surface area contributed by atoms with Gasteiger partial charge in [-0.2, -0.15) is 11.3 Å². The van der Waals surface area contributed by atoms with Gasteiger partial charge in [-0.05, 0) is 31.5 Å². The highest BCUT2D eigenvalue weighted by molar-refractivity contribution is 7.93. The highest BCUT2D eigenvalue weighted by Crippen LogP contribution is 2.27. The highest BCUT2D eigenvalue weighted by Gasteiger charge is 2.19. The molecule has 0 saturated carbocycles. The Morgan fingerprint density at radius 3 is 2.78 bits per heavy atom. The Hall–Kier alpha value is -0.890. The maximum Gasteiger partial charge on any atom is 0.263 e. The fraction of sp³-hybridized carbons (Fsp3) is 0.273. The molecule has 0 spiro atoms. The molecule has 0 bridgehead atoms. The quantitative estimate of drug-likeness (QED) is 0.892. The molecule has 0 aliphatic carbocycles. The minimum absolute atomic E-state index is 0.365. The second-order valence-electron chi connectivity index (χ2n) is 3.78. The summed E-state index contributed by atoms with van der Waals surface area (Å²) in [6.07, 6.45) is 0. The molecule has 98 valence electrons. The first kappa shape index (κ1) is 13.5. The van der Waals surface area contributed by atoms with Gasteiger partial charge in [-0.3, -0.25) is 4.72 Å². The third-order valence-corrected chi connectivity index (χ3v) is 5.71. The Bertz CT molecular complexity index is 615. The summed E-state index contributed by atoms with van der Waals surface area (Å²) in [7, 11) is -1.63. The maximum atomic E-state index is 12.2. The van der Waals surface area contributed by atoms with Crippen molar-refractivity contribution < 1.29 is 8.42 Å². The van der Waals surface area contributed by atoms with Crippen molar-refractivity contribution in [2.75, 3.05) is 11.8 Å². The van der Waals surface area contributed by atoms with Crippen molar-refractivity contribution in [3.63, 3.8) is 0 Å². The van der Waals surface area contributed by atoms with Crippen LogP contribution >= 0.6 is 22.7 Å². The molecule has 7 heteroatoms. The van der Waals surface area contributed by atoms with E-state index in [1.807, 2.05) is 19.4 Å². The van der Waals surface area contributed by atoms with E-state index in [4.69, 9.17) is 0 Å². The molecule has 2 rings (SSSR count). The summed E-state index contributed by atoms with van der Waals surface area (Å²) in [5, 5.41) is 6.63. The van der Waals surface area contributed by atoms with E-state index in [0.29, 0.717) is 17.1 Å². The van der Waals surface area contributed by atoms with Crippen molar-refractivity contribution in [2.45, 2.75) is 18.4 Å². The number of hydrogen-bond donors (Lipinski definition) is 2. The van der Waals surface area contributed by atoms with Crippen molar-refractivity contribution in [1.29, 1.82) is 0 Å². The van der Waals surface area contributed by atoms with Crippen LogP contribution in [0, 0.1) is 6.92 Å². The van der Waals surface area contributed by atoms with Gasteiger partial charge in [0.2, 0.25) is 0 Å². The summed E-state index contributed by atoms with van der Waals surface area (Å²) in [4.78, 5) is 2.19. The normalized spacial score (nSPS) is 11.7. The van der Waals surface area contributed by atoms with Gasteiger partial charge in [-0.25, -0.2) is 8.42 Å². The molecular formula is C11H14N2O2S3. The third-order valence-electron chi connectivity index (χ3n) is 2.34. The molecule has 2 N–H and O–H groups in total. The van der Waals surface area contributed by atoms with Gasteiger partial charge in [0.15, 0.2) is 0 Å². The average molecular weight is 302 g/mol. The van der Waals surface area contributed by atoms with Crippen LogP contribution in [-0.4, -0.2) is 15.5 Å². The average Bonchev–Trinajstić information content (AvgIpc) is 2.88. The van der Waals surface area contributed by atoms with Crippen LogP contribution in [0.25, 0.3) is 0 Å². The van der Waals surface area contributed by atoms with Crippen LogP contribution in [-0.2, 0) is 16.6 Å². The molecule has 0 aliphatic heterocycles. The van der Waals surface area contributed by atoms with Crippen LogP contribution in [0.4, 0.5) is 5.69 Å². The summed E-state index contributed by atoms with van der Waals surface area (Å²) in [5.41, 5.74) is 0.612. The van der Waals surface area contributed by atoms with Crippen LogP contribution in [0.5, 0.6) is 0 Å². The molecule has 0 fully saturated rings. The summed E-state index contributed by atoms with van der Waals surface area (Å²) in [6, 6.07) is 3.48. The minimum Gasteiger partial charge on any atom is -0.315 e. The summed E-state index contributed by atoms with van der Waals surface area (Å²) in [5.74, 6) is 0. The molecule has 0 saturated heterocycles. The molecule has 2 heterocycles. The standard InChI is InChI=1S/C11H14N2O2S3/c1-8-11(5-10(17-8)6-12-2)18(14,15)13-9-3-4-16-7-9/h3-5,7,12-13H,6H2,1-2H3. The second-order valence-corrected chi connectivity index (χ2v) is 7.55. The van der Waals surface area contributed by atoms with Gasteiger partial charge in [0.05, 0.1) is 5.69 Å². The molecule has 0 unspecified atom stereocenters. The first-order valence-corrected chi connectivity index (χ1v) is 8.56. The second kappa shape index (κ2) is 5.40. The largest absolute Gasteiger partial charge is 0.315 e. The van der Waals surface area contributed by atoms with E-state index in [0.717, 1.165) is 9.75 Å². The van der Waals surface area contributed by atoms with Gasteiger partial charge in [0.1, 0.15) is 4.90 Å². The molecule has 4 nitrogen and oxygen atoms in total. The lowest BCUT2D eigenvalue weighted by molar-refractivity contribution is 0.601. The predicted octanol–water partition coefficient (Wildman–Crippen LogP) is 2.64. The van der Waals surface area contributed by atoms with Gasteiger partial charge in [0, 0.05) is 21.7 Å². The maximum absolute atomic E-state index is 12.2. The summed E-state index contributed by atoms with van der Waals surface area (Å²) >= 11 is 2.96. The van der Waals surface area contributed by atoms with Crippen molar-refractivity contribution in [1.82, 2.24) is 5.32 Å². The van der Waals surface area contributed by atoms with E-state index in [1.54, 1.807) is 17.5 Å². The van der Waals surface area contributed by atoms with Gasteiger partial charge in [0.25, 0.3) is 10.0 Å². The van der Waals surface area contributed by atoms with E-state index >= 15 is 0 Å². The Morgan fingerprint density at radius 1 is 1.39 bits per heavy atom. The molecule has 0 aromatic carbocycles. The molecule has 18 heavy (non-hydrogen) atoms. The van der Waals surface area contributed by atoms with Gasteiger partial charge in [-0.15, -0.1) is 11.3 Å². The zero-order valence-corrected chi connectivity index (χ0v) is 12.5. The lowest BCUT2D eigenvalue weighted by atomic mass is 10.4. The van der Waals surface area contributed by atoms with Crippen LogP contribution < -0.4 is 10.0 Å². The van der Waals surface area contributed by atoms with Crippen molar-refractivity contribution in [3.8, 4) is 0 Å². The molecule has 0 aliphatic rings. The molecule has 0 amide bonds. The highest BCUT2D eigenvalue weighted by atomic mass is 32.2. The SMILES string of the molecule is CNCc1cc(S(=O)(=O)Nc2ccsc2)c(C)s1. The lowest BCUT2D eigenvalue weighted by Crippen LogP contribution is -2.12. The number of thiophene rings is 2. The van der Waals surface area contributed by atoms with E-state index in [9.17, 15) is 8.42 Å². The Morgan fingerprint density at radius 2 is 2.17 bits per heavy atom. The van der Waals surface area contributed by atoms with Crippen LogP contribution in [0.1, 0.15) is 9.75 Å². The Labute approximate surface area is 115 Å². The first-order valence-electron chi connectivity index (χ1n) is 5.32. The smallest absolute Gasteiger partial charge is 0.263 e. The Kier molecular flexibility index (Phi) is 4.06. The molecule has 2 aromatic heterocycles. The van der Waals surface area contributed by atoms with Crippen LogP contribution in [0.15, 0.2) is 27.8 Å². The zero-order chi connectivity index (χ0) is 13.2. The molecule has 2 aromatic rings. The van der Waals surface area contributed by atoms with Gasteiger partial charge in [-0.1, -0.05) is 0 Å². The van der Waals surface area contributed by atoms with Gasteiger partial charge >= 0.3 is 0 Å².